The van der Waals surface area contributed by atoms with Gasteiger partial charge in [-0.3, -0.25) is 4.79 Å². The Kier molecular flexibility index (Phi) is 8.60. The topological polar surface area (TPSA) is 50.2 Å². The van der Waals surface area contributed by atoms with Crippen molar-refractivity contribution in [2.45, 2.75) is 39.2 Å². The van der Waals surface area contributed by atoms with Crippen molar-refractivity contribution < 1.29 is 9.28 Å². The Bertz CT molecular complexity index is 1650. The van der Waals surface area contributed by atoms with E-state index in [1.165, 1.54) is 32.7 Å². The molecule has 1 heterocycles. The van der Waals surface area contributed by atoms with Gasteiger partial charge in [0, 0.05) is 55.6 Å². The minimum atomic E-state index is 0.137. The van der Waals surface area contributed by atoms with Gasteiger partial charge in [0.25, 0.3) is 5.91 Å². The van der Waals surface area contributed by atoms with Crippen molar-refractivity contribution in [3.8, 4) is 11.4 Å². The van der Waals surface area contributed by atoms with Gasteiger partial charge in [0.05, 0.1) is 31.7 Å². The molecule has 0 aliphatic rings. The number of hydrogen-bond donors (Lipinski definition) is 1. The van der Waals surface area contributed by atoms with Crippen molar-refractivity contribution in [1.29, 1.82) is 0 Å². The summed E-state index contributed by atoms with van der Waals surface area (Å²) in [6, 6.07) is 26.0. The van der Waals surface area contributed by atoms with E-state index in [0.29, 0.717) is 11.0 Å². The summed E-state index contributed by atoms with van der Waals surface area (Å²) in [5, 5.41) is 8.00. The third-order valence-electron chi connectivity index (χ3n) is 8.08. The van der Waals surface area contributed by atoms with E-state index in [1.54, 1.807) is 0 Å². The standard InChI is InChI=1S/C35H43N5O/c1-6-7-12-22-36-32(41)25-40(4,5)24-13-23-39-34-31-17-11-9-15-29(31)28-14-8-10-16-30(28)33(34)37-35(39)26-18-20-27(21-19-26)38(2)3/h8-11,14-21H,6-7,12-13,22-25H2,1-5H3/p+1. The number of anilines is 1. The van der Waals surface area contributed by atoms with Gasteiger partial charge in [0.2, 0.25) is 0 Å². The van der Waals surface area contributed by atoms with Crippen molar-refractivity contribution in [3.63, 3.8) is 0 Å². The smallest absolute Gasteiger partial charge is 0.275 e. The van der Waals surface area contributed by atoms with E-state index in [1.807, 2.05) is 0 Å². The van der Waals surface area contributed by atoms with Crippen LogP contribution in [0, 0.1) is 0 Å². The van der Waals surface area contributed by atoms with Crippen LogP contribution in [0.1, 0.15) is 32.6 Å². The number of amides is 1. The molecule has 5 aromatic rings. The summed E-state index contributed by atoms with van der Waals surface area (Å²) < 4.78 is 3.07. The SMILES string of the molecule is CCCCCNC(=O)C[N+](C)(C)CCCn1c(-c2ccc(N(C)C)cc2)nc2c3ccccc3c3ccccc3c21. The molecule has 0 spiro atoms. The van der Waals surface area contributed by atoms with E-state index in [9.17, 15) is 4.79 Å². The number of benzene rings is 4. The zero-order valence-corrected chi connectivity index (χ0v) is 25.3. The fourth-order valence-electron chi connectivity index (χ4n) is 5.89. The van der Waals surface area contributed by atoms with E-state index in [2.05, 4.69) is 123 Å². The number of aryl methyl sites for hydroxylation is 1. The van der Waals surface area contributed by atoms with Gasteiger partial charge in [-0.2, -0.15) is 0 Å². The highest BCUT2D eigenvalue weighted by molar-refractivity contribution is 6.23. The second kappa shape index (κ2) is 12.3. The van der Waals surface area contributed by atoms with Crippen LogP contribution in [0.25, 0.3) is 44.0 Å². The maximum atomic E-state index is 12.6. The molecule has 0 bridgehead atoms. The molecule has 0 unspecified atom stereocenters. The highest BCUT2D eigenvalue weighted by Crippen LogP contribution is 2.37. The number of carbonyl (C=O) groups excluding carboxylic acids is 1. The number of unbranched alkanes of at least 4 members (excludes halogenated alkanes) is 2. The van der Waals surface area contributed by atoms with Crippen LogP contribution >= 0.6 is 0 Å². The molecule has 1 N–H and O–H groups in total. The minimum absolute atomic E-state index is 0.137. The van der Waals surface area contributed by atoms with Crippen LogP contribution in [0.5, 0.6) is 0 Å². The first-order valence-electron chi connectivity index (χ1n) is 14.9. The summed E-state index contributed by atoms with van der Waals surface area (Å²) in [6.07, 6.45) is 4.30. The molecule has 41 heavy (non-hydrogen) atoms. The average molecular weight is 551 g/mol. The van der Waals surface area contributed by atoms with Gasteiger partial charge in [-0.25, -0.2) is 4.98 Å². The molecule has 6 nitrogen and oxygen atoms in total. The predicted molar refractivity (Wildman–Crippen MR) is 174 cm³/mol. The summed E-state index contributed by atoms with van der Waals surface area (Å²) in [4.78, 5) is 20.1. The number of nitrogens with one attached hydrogen (secondary N) is 1. The lowest BCUT2D eigenvalue weighted by molar-refractivity contribution is -0.882. The lowest BCUT2D eigenvalue weighted by Gasteiger charge is -2.29. The van der Waals surface area contributed by atoms with Crippen molar-refractivity contribution in [1.82, 2.24) is 14.9 Å². The fraction of sp³-hybridized carbons (Fsp3) is 0.371. The minimum Gasteiger partial charge on any atom is -0.378 e. The molecule has 0 fully saturated rings. The van der Waals surface area contributed by atoms with E-state index < -0.39 is 0 Å². The molecule has 0 aliphatic carbocycles. The molecular formula is C35H44N5O+. The van der Waals surface area contributed by atoms with Crippen LogP contribution in [0.2, 0.25) is 0 Å². The number of quaternary nitrogens is 1. The van der Waals surface area contributed by atoms with E-state index in [-0.39, 0.29) is 5.91 Å². The number of nitrogens with zero attached hydrogens (tertiary/aromatic N) is 4. The molecule has 0 atom stereocenters. The summed E-state index contributed by atoms with van der Waals surface area (Å²) in [5.74, 6) is 1.13. The second-order valence-corrected chi connectivity index (χ2v) is 12.0. The number of fused-ring (bicyclic) bond motifs is 6. The Morgan fingerprint density at radius 1 is 0.854 bits per heavy atom. The number of imidazole rings is 1. The highest BCUT2D eigenvalue weighted by Gasteiger charge is 2.22. The number of rotatable bonds is 12. The molecule has 1 aromatic heterocycles. The largest absolute Gasteiger partial charge is 0.378 e. The molecule has 0 saturated carbocycles. The van der Waals surface area contributed by atoms with Crippen LogP contribution in [0.4, 0.5) is 5.69 Å². The summed E-state index contributed by atoms with van der Waals surface area (Å²) in [5.41, 5.74) is 4.51. The predicted octanol–water partition coefficient (Wildman–Crippen LogP) is 6.85. The van der Waals surface area contributed by atoms with Gasteiger partial charge < -0.3 is 19.3 Å². The highest BCUT2D eigenvalue weighted by atomic mass is 16.2. The molecule has 5 rings (SSSR count). The zero-order chi connectivity index (χ0) is 29.0. The van der Waals surface area contributed by atoms with Gasteiger partial charge in [0.1, 0.15) is 5.82 Å². The molecule has 4 aromatic carbocycles. The van der Waals surface area contributed by atoms with Crippen LogP contribution in [0.3, 0.4) is 0 Å². The number of hydrogen-bond acceptors (Lipinski definition) is 3. The average Bonchev–Trinajstić information content (AvgIpc) is 3.35. The van der Waals surface area contributed by atoms with E-state index in [0.717, 1.165) is 62.2 Å². The molecule has 0 radical (unpaired) electrons. The second-order valence-electron chi connectivity index (χ2n) is 12.0. The Hall–Kier alpha value is -3.90. The van der Waals surface area contributed by atoms with E-state index in [4.69, 9.17) is 4.98 Å². The number of likely N-dealkylation sites (N-methyl/N-ethyl adjacent to an activating group) is 1. The van der Waals surface area contributed by atoms with Crippen molar-refractivity contribution in [2.75, 3.05) is 52.7 Å². The van der Waals surface area contributed by atoms with Crippen LogP contribution in [-0.4, -0.2) is 67.8 Å². The Morgan fingerprint density at radius 3 is 2.15 bits per heavy atom. The van der Waals surface area contributed by atoms with Gasteiger partial charge in [-0.1, -0.05) is 68.3 Å². The normalized spacial score (nSPS) is 11.9. The van der Waals surface area contributed by atoms with Gasteiger partial charge in [-0.15, -0.1) is 0 Å². The maximum Gasteiger partial charge on any atom is 0.275 e. The van der Waals surface area contributed by atoms with Gasteiger partial charge in [0.15, 0.2) is 6.54 Å². The molecule has 0 saturated heterocycles. The maximum absolute atomic E-state index is 12.6. The Morgan fingerprint density at radius 2 is 1.49 bits per heavy atom. The fourth-order valence-corrected chi connectivity index (χ4v) is 5.89. The lowest BCUT2D eigenvalue weighted by atomic mass is 10.00. The lowest BCUT2D eigenvalue weighted by Crippen LogP contribution is -2.48. The third kappa shape index (κ3) is 6.23. The van der Waals surface area contributed by atoms with Crippen LogP contribution in [-0.2, 0) is 11.3 Å². The van der Waals surface area contributed by atoms with Crippen molar-refractivity contribution in [2.24, 2.45) is 0 Å². The van der Waals surface area contributed by atoms with Gasteiger partial charge in [-0.05, 0) is 41.5 Å². The quantitative estimate of drug-likeness (QED) is 0.105. The van der Waals surface area contributed by atoms with Crippen LogP contribution < -0.4 is 10.2 Å². The third-order valence-corrected chi connectivity index (χ3v) is 8.08. The zero-order valence-electron chi connectivity index (χ0n) is 25.3. The summed E-state index contributed by atoms with van der Waals surface area (Å²) in [7, 11) is 8.44. The Balaban J connectivity index is 1.51. The van der Waals surface area contributed by atoms with Crippen molar-refractivity contribution >= 4 is 44.2 Å². The molecule has 6 heteroatoms. The first-order chi connectivity index (χ1) is 19.8. The summed E-state index contributed by atoms with van der Waals surface area (Å²) in [6.45, 7) is 5.16. The summed E-state index contributed by atoms with van der Waals surface area (Å²) >= 11 is 0. The molecule has 0 aliphatic heterocycles. The molecular weight excluding hydrogens is 506 g/mol. The van der Waals surface area contributed by atoms with Crippen LogP contribution in [0.15, 0.2) is 72.8 Å². The molecule has 1 amide bonds. The molecule has 214 valence electrons. The first-order valence-corrected chi connectivity index (χ1v) is 14.9. The number of carbonyl (C=O) groups is 1. The van der Waals surface area contributed by atoms with Gasteiger partial charge >= 0.3 is 0 Å². The van der Waals surface area contributed by atoms with Crippen molar-refractivity contribution in [3.05, 3.63) is 72.8 Å². The monoisotopic (exact) mass is 550 g/mol. The Labute approximate surface area is 244 Å². The van der Waals surface area contributed by atoms with E-state index >= 15 is 0 Å². The number of aromatic nitrogens is 2. The first kappa shape index (κ1) is 28.6.